The van der Waals surface area contributed by atoms with Gasteiger partial charge in [-0.25, -0.2) is 4.39 Å². The molecule has 1 atom stereocenters. The highest BCUT2D eigenvalue weighted by Crippen LogP contribution is 2.32. The van der Waals surface area contributed by atoms with Crippen LogP contribution in [0.2, 0.25) is 0 Å². The third-order valence-electron chi connectivity index (χ3n) is 3.45. The van der Waals surface area contributed by atoms with Gasteiger partial charge in [0.05, 0.1) is 11.7 Å². The van der Waals surface area contributed by atoms with Crippen molar-refractivity contribution in [2.45, 2.75) is 19.9 Å². The van der Waals surface area contributed by atoms with E-state index in [1.807, 2.05) is 37.9 Å². The number of aromatic hydroxyl groups is 1. The number of hydrogen-bond acceptors (Lipinski definition) is 2. The molecule has 2 nitrogen and oxygen atoms in total. The van der Waals surface area contributed by atoms with Crippen LogP contribution in [0, 0.1) is 12.7 Å². The van der Waals surface area contributed by atoms with Crippen molar-refractivity contribution in [3.8, 4) is 5.75 Å². The summed E-state index contributed by atoms with van der Waals surface area (Å²) in [6.07, 6.45) is 0. The Bertz CT molecular complexity index is 583. The Kier molecular flexibility index (Phi) is 3.74. The molecule has 3 heteroatoms. The summed E-state index contributed by atoms with van der Waals surface area (Å²) in [7, 11) is 1.82. The SMILES string of the molecule is Cc1ccc(O)c(C(C)N(C)c2ccccc2F)c1. The molecule has 2 rings (SSSR count). The second-order valence-electron chi connectivity index (χ2n) is 4.80. The van der Waals surface area contributed by atoms with Crippen molar-refractivity contribution in [3.05, 3.63) is 59.4 Å². The fraction of sp³-hybridized carbons (Fsp3) is 0.250. The first-order valence-electron chi connectivity index (χ1n) is 6.27. The average molecular weight is 259 g/mol. The first kappa shape index (κ1) is 13.4. The maximum atomic E-state index is 13.8. The van der Waals surface area contributed by atoms with Crippen molar-refractivity contribution < 1.29 is 9.50 Å². The topological polar surface area (TPSA) is 23.5 Å². The van der Waals surface area contributed by atoms with Crippen LogP contribution in [0.5, 0.6) is 5.75 Å². The lowest BCUT2D eigenvalue weighted by molar-refractivity contribution is 0.461. The van der Waals surface area contributed by atoms with Gasteiger partial charge in [-0.05, 0) is 32.0 Å². The van der Waals surface area contributed by atoms with Crippen LogP contribution in [0.15, 0.2) is 42.5 Å². The van der Waals surface area contributed by atoms with Crippen molar-refractivity contribution in [1.82, 2.24) is 0 Å². The van der Waals surface area contributed by atoms with E-state index in [1.165, 1.54) is 6.07 Å². The van der Waals surface area contributed by atoms with Gasteiger partial charge in [-0.15, -0.1) is 0 Å². The maximum Gasteiger partial charge on any atom is 0.146 e. The molecular weight excluding hydrogens is 241 g/mol. The van der Waals surface area contributed by atoms with E-state index in [4.69, 9.17) is 0 Å². The van der Waals surface area contributed by atoms with Crippen LogP contribution in [0.25, 0.3) is 0 Å². The normalized spacial score (nSPS) is 12.2. The zero-order chi connectivity index (χ0) is 14.0. The second kappa shape index (κ2) is 5.31. The van der Waals surface area contributed by atoms with E-state index >= 15 is 0 Å². The third kappa shape index (κ3) is 2.70. The molecule has 0 amide bonds. The highest BCUT2D eigenvalue weighted by atomic mass is 19.1. The van der Waals surface area contributed by atoms with Gasteiger partial charge in [0.15, 0.2) is 0 Å². The summed E-state index contributed by atoms with van der Waals surface area (Å²) in [4.78, 5) is 1.82. The Morgan fingerprint density at radius 1 is 1.16 bits per heavy atom. The lowest BCUT2D eigenvalue weighted by atomic mass is 10.0. The van der Waals surface area contributed by atoms with E-state index in [0.717, 1.165) is 11.1 Å². The molecule has 0 bridgehead atoms. The Hall–Kier alpha value is -2.03. The molecule has 1 N–H and O–H groups in total. The largest absolute Gasteiger partial charge is 0.508 e. The number of phenols is 1. The van der Waals surface area contributed by atoms with Gasteiger partial charge < -0.3 is 10.0 Å². The summed E-state index contributed by atoms with van der Waals surface area (Å²) in [5.41, 5.74) is 2.39. The molecule has 0 saturated carbocycles. The molecule has 0 spiro atoms. The summed E-state index contributed by atoms with van der Waals surface area (Å²) in [6, 6.07) is 12.0. The molecule has 0 aliphatic carbocycles. The lowest BCUT2D eigenvalue weighted by Gasteiger charge is -2.28. The molecule has 2 aromatic rings. The monoisotopic (exact) mass is 259 g/mol. The second-order valence-corrected chi connectivity index (χ2v) is 4.80. The molecule has 0 aromatic heterocycles. The van der Waals surface area contributed by atoms with Gasteiger partial charge in [0.25, 0.3) is 0 Å². The van der Waals surface area contributed by atoms with E-state index in [2.05, 4.69) is 0 Å². The number of hydrogen-bond donors (Lipinski definition) is 1. The fourth-order valence-corrected chi connectivity index (χ4v) is 2.16. The molecule has 1 unspecified atom stereocenters. The molecule has 19 heavy (non-hydrogen) atoms. The van der Waals surface area contributed by atoms with Crippen LogP contribution >= 0.6 is 0 Å². The van der Waals surface area contributed by atoms with Crippen molar-refractivity contribution in [2.75, 3.05) is 11.9 Å². The van der Waals surface area contributed by atoms with E-state index < -0.39 is 0 Å². The number of halogens is 1. The predicted octanol–water partition coefficient (Wildman–Crippen LogP) is 4.04. The molecule has 0 aliphatic rings. The van der Waals surface area contributed by atoms with Crippen LogP contribution in [-0.2, 0) is 0 Å². The Balaban J connectivity index is 2.36. The first-order valence-corrected chi connectivity index (χ1v) is 6.27. The van der Waals surface area contributed by atoms with Gasteiger partial charge in [0.1, 0.15) is 11.6 Å². The van der Waals surface area contributed by atoms with Crippen molar-refractivity contribution in [3.63, 3.8) is 0 Å². The molecule has 0 aliphatic heterocycles. The molecule has 0 radical (unpaired) electrons. The van der Waals surface area contributed by atoms with Crippen LogP contribution < -0.4 is 4.90 Å². The molecule has 0 heterocycles. The predicted molar refractivity (Wildman–Crippen MR) is 76.1 cm³/mol. The number of rotatable bonds is 3. The van der Waals surface area contributed by atoms with Crippen molar-refractivity contribution >= 4 is 5.69 Å². The van der Waals surface area contributed by atoms with Gasteiger partial charge in [-0.3, -0.25) is 0 Å². The standard InChI is InChI=1S/C16H18FNO/c1-11-8-9-16(19)13(10-11)12(2)18(3)15-7-5-4-6-14(15)17/h4-10,12,19H,1-3H3. The number of aryl methyl sites for hydroxylation is 1. The summed E-state index contributed by atoms with van der Waals surface area (Å²) >= 11 is 0. The molecule has 0 saturated heterocycles. The number of anilines is 1. The Labute approximate surface area is 113 Å². The van der Waals surface area contributed by atoms with Gasteiger partial charge in [-0.1, -0.05) is 29.8 Å². The zero-order valence-corrected chi connectivity index (χ0v) is 11.4. The smallest absolute Gasteiger partial charge is 0.146 e. The van der Waals surface area contributed by atoms with Crippen LogP contribution in [-0.4, -0.2) is 12.2 Å². The summed E-state index contributed by atoms with van der Waals surface area (Å²) in [6.45, 7) is 3.92. The summed E-state index contributed by atoms with van der Waals surface area (Å²) in [5.74, 6) is -0.0229. The zero-order valence-electron chi connectivity index (χ0n) is 11.4. The van der Waals surface area contributed by atoms with Crippen LogP contribution in [0.3, 0.4) is 0 Å². The minimum Gasteiger partial charge on any atom is -0.508 e. The fourth-order valence-electron chi connectivity index (χ4n) is 2.16. The number of nitrogens with zero attached hydrogens (tertiary/aromatic N) is 1. The van der Waals surface area contributed by atoms with Gasteiger partial charge >= 0.3 is 0 Å². The van der Waals surface area contributed by atoms with Crippen LogP contribution in [0.4, 0.5) is 10.1 Å². The van der Waals surface area contributed by atoms with Gasteiger partial charge in [0, 0.05) is 12.6 Å². The van der Waals surface area contributed by atoms with Crippen molar-refractivity contribution in [1.29, 1.82) is 0 Å². The van der Waals surface area contributed by atoms with E-state index in [1.54, 1.807) is 24.3 Å². The van der Waals surface area contributed by atoms with Crippen molar-refractivity contribution in [2.24, 2.45) is 0 Å². The van der Waals surface area contributed by atoms with E-state index in [9.17, 15) is 9.50 Å². The highest BCUT2D eigenvalue weighted by Gasteiger charge is 2.18. The van der Waals surface area contributed by atoms with Crippen LogP contribution in [0.1, 0.15) is 24.1 Å². The maximum absolute atomic E-state index is 13.8. The average Bonchev–Trinajstić information content (AvgIpc) is 2.40. The Morgan fingerprint density at radius 2 is 1.84 bits per heavy atom. The summed E-state index contributed by atoms with van der Waals surface area (Å²) < 4.78 is 13.8. The minimum atomic E-state index is -0.260. The number of benzene rings is 2. The molecular formula is C16H18FNO. The quantitative estimate of drug-likeness (QED) is 0.899. The number of para-hydroxylation sites is 1. The molecule has 2 aromatic carbocycles. The highest BCUT2D eigenvalue weighted by molar-refractivity contribution is 5.51. The summed E-state index contributed by atoms with van der Waals surface area (Å²) in [5, 5.41) is 9.95. The lowest BCUT2D eigenvalue weighted by Crippen LogP contribution is -2.22. The minimum absolute atomic E-state index is 0.114. The third-order valence-corrected chi connectivity index (χ3v) is 3.45. The van der Waals surface area contributed by atoms with Gasteiger partial charge in [-0.2, -0.15) is 0 Å². The first-order chi connectivity index (χ1) is 9.00. The Morgan fingerprint density at radius 3 is 2.53 bits per heavy atom. The van der Waals surface area contributed by atoms with E-state index in [0.29, 0.717) is 5.69 Å². The number of phenolic OH excluding ortho intramolecular Hbond substituents is 1. The van der Waals surface area contributed by atoms with Gasteiger partial charge in [0.2, 0.25) is 0 Å². The van der Waals surface area contributed by atoms with E-state index in [-0.39, 0.29) is 17.6 Å². The molecule has 0 fully saturated rings. The molecule has 100 valence electrons.